The first kappa shape index (κ1) is 21.9. The summed E-state index contributed by atoms with van der Waals surface area (Å²) in [5, 5.41) is 5.05. The number of thiophene rings is 1. The molecule has 0 unspecified atom stereocenters. The Morgan fingerprint density at radius 1 is 1.09 bits per heavy atom. The molecule has 4 aromatic rings. The quantitative estimate of drug-likeness (QED) is 0.469. The minimum Gasteiger partial charge on any atom is -0.325 e. The maximum atomic E-state index is 13.1. The summed E-state index contributed by atoms with van der Waals surface area (Å²) in [6.07, 6.45) is 1.36. The lowest BCUT2D eigenvalue weighted by atomic mass is 10.1. The van der Waals surface area contributed by atoms with Crippen LogP contribution in [0.4, 0.5) is 5.69 Å². The van der Waals surface area contributed by atoms with Crippen LogP contribution in [0.15, 0.2) is 76.0 Å². The molecule has 0 spiro atoms. The van der Waals surface area contributed by atoms with E-state index in [0.29, 0.717) is 15.9 Å². The van der Waals surface area contributed by atoms with Crippen molar-refractivity contribution in [1.29, 1.82) is 0 Å². The third kappa shape index (κ3) is 4.20. The molecule has 2 aromatic carbocycles. The van der Waals surface area contributed by atoms with Gasteiger partial charge in [-0.3, -0.25) is 14.2 Å². The molecule has 0 atom stereocenters. The van der Waals surface area contributed by atoms with Crippen LogP contribution >= 0.6 is 11.3 Å². The van der Waals surface area contributed by atoms with E-state index < -0.39 is 15.9 Å². The number of anilines is 1. The average molecular weight is 469 g/mol. The van der Waals surface area contributed by atoms with Crippen LogP contribution in [-0.4, -0.2) is 42.3 Å². The van der Waals surface area contributed by atoms with Crippen LogP contribution in [0.5, 0.6) is 0 Å². The molecule has 0 aliphatic rings. The number of aromatic nitrogens is 2. The van der Waals surface area contributed by atoms with E-state index in [1.807, 2.05) is 35.7 Å². The van der Waals surface area contributed by atoms with Gasteiger partial charge < -0.3 is 5.32 Å². The van der Waals surface area contributed by atoms with Crippen LogP contribution < -0.4 is 10.9 Å². The minimum atomic E-state index is -3.55. The van der Waals surface area contributed by atoms with Gasteiger partial charge in [-0.05, 0) is 29.8 Å². The zero-order valence-corrected chi connectivity index (χ0v) is 19.0. The summed E-state index contributed by atoms with van der Waals surface area (Å²) in [5.74, 6) is -0.423. The fraction of sp³-hybridized carbons (Fsp3) is 0.136. The van der Waals surface area contributed by atoms with Gasteiger partial charge in [0.15, 0.2) is 0 Å². The topological polar surface area (TPSA) is 101 Å². The standard InChI is InChI=1S/C22H20N4O4S2/c1-25(2)32(29,30)17-10-8-16(9-11-17)24-19(27)12-26-14-23-21-20(22(26)28)18(13-31-21)15-6-4-3-5-7-15/h3-11,13-14H,12H2,1-2H3,(H,24,27). The highest BCUT2D eigenvalue weighted by Gasteiger charge is 2.17. The molecule has 0 fully saturated rings. The summed E-state index contributed by atoms with van der Waals surface area (Å²) >= 11 is 1.38. The van der Waals surface area contributed by atoms with Gasteiger partial charge in [-0.1, -0.05) is 30.3 Å². The molecular weight excluding hydrogens is 448 g/mol. The van der Waals surface area contributed by atoms with Gasteiger partial charge in [0.1, 0.15) is 11.4 Å². The highest BCUT2D eigenvalue weighted by atomic mass is 32.2. The molecule has 2 aromatic heterocycles. The number of sulfonamides is 1. The largest absolute Gasteiger partial charge is 0.325 e. The number of nitrogens with zero attached hydrogens (tertiary/aromatic N) is 3. The predicted molar refractivity (Wildman–Crippen MR) is 125 cm³/mol. The van der Waals surface area contributed by atoms with Crippen LogP contribution in [0.2, 0.25) is 0 Å². The minimum absolute atomic E-state index is 0.122. The molecule has 164 valence electrons. The van der Waals surface area contributed by atoms with E-state index >= 15 is 0 Å². The molecule has 0 saturated heterocycles. The first-order valence-electron chi connectivity index (χ1n) is 9.62. The molecule has 0 radical (unpaired) electrons. The molecular formula is C22H20N4O4S2. The van der Waals surface area contributed by atoms with Gasteiger partial charge in [-0.2, -0.15) is 0 Å². The van der Waals surface area contributed by atoms with Crippen molar-refractivity contribution in [3.63, 3.8) is 0 Å². The Bertz CT molecular complexity index is 1440. The number of rotatable bonds is 6. The third-order valence-corrected chi connectivity index (χ3v) is 7.59. The Hall–Kier alpha value is -3.34. The van der Waals surface area contributed by atoms with E-state index in [9.17, 15) is 18.0 Å². The third-order valence-electron chi connectivity index (χ3n) is 4.88. The fourth-order valence-corrected chi connectivity index (χ4v) is 4.99. The Kier molecular flexibility index (Phi) is 5.92. The number of hydrogen-bond acceptors (Lipinski definition) is 6. The van der Waals surface area contributed by atoms with Crippen molar-refractivity contribution in [1.82, 2.24) is 13.9 Å². The number of amides is 1. The van der Waals surface area contributed by atoms with Crippen LogP contribution in [0.1, 0.15) is 0 Å². The molecule has 1 N–H and O–H groups in total. The van der Waals surface area contributed by atoms with Crippen molar-refractivity contribution in [2.75, 3.05) is 19.4 Å². The van der Waals surface area contributed by atoms with Gasteiger partial charge >= 0.3 is 0 Å². The van der Waals surface area contributed by atoms with Crippen molar-refractivity contribution in [2.24, 2.45) is 0 Å². The van der Waals surface area contributed by atoms with Crippen molar-refractivity contribution in [2.45, 2.75) is 11.4 Å². The molecule has 0 aliphatic heterocycles. The van der Waals surface area contributed by atoms with E-state index in [1.165, 1.54) is 60.6 Å². The predicted octanol–water partition coefficient (Wildman–Crippen LogP) is 3.01. The summed E-state index contributed by atoms with van der Waals surface area (Å²) in [4.78, 5) is 30.7. The molecule has 32 heavy (non-hydrogen) atoms. The van der Waals surface area contributed by atoms with E-state index in [0.717, 1.165) is 15.4 Å². The lowest BCUT2D eigenvalue weighted by Gasteiger charge is -2.12. The average Bonchev–Trinajstić information content (AvgIpc) is 3.21. The lowest BCUT2D eigenvalue weighted by molar-refractivity contribution is -0.116. The summed E-state index contributed by atoms with van der Waals surface area (Å²) in [6, 6.07) is 15.4. The highest BCUT2D eigenvalue weighted by molar-refractivity contribution is 7.89. The van der Waals surface area contributed by atoms with Gasteiger partial charge in [0.25, 0.3) is 5.56 Å². The second-order valence-corrected chi connectivity index (χ2v) is 10.2. The highest BCUT2D eigenvalue weighted by Crippen LogP contribution is 2.30. The maximum absolute atomic E-state index is 13.1. The fourth-order valence-electron chi connectivity index (χ4n) is 3.19. The van der Waals surface area contributed by atoms with E-state index in [4.69, 9.17) is 0 Å². The van der Waals surface area contributed by atoms with Crippen molar-refractivity contribution in [3.8, 4) is 11.1 Å². The van der Waals surface area contributed by atoms with Crippen molar-refractivity contribution >= 4 is 43.2 Å². The van der Waals surface area contributed by atoms with E-state index in [1.54, 1.807) is 0 Å². The second-order valence-electron chi connectivity index (χ2n) is 7.23. The summed E-state index contributed by atoms with van der Waals surface area (Å²) in [6.45, 7) is -0.219. The summed E-state index contributed by atoms with van der Waals surface area (Å²) in [5.41, 5.74) is 1.83. The summed E-state index contributed by atoms with van der Waals surface area (Å²) < 4.78 is 26.7. The zero-order valence-electron chi connectivity index (χ0n) is 17.3. The first-order chi connectivity index (χ1) is 15.3. The van der Waals surface area contributed by atoms with Gasteiger partial charge in [-0.25, -0.2) is 17.7 Å². The van der Waals surface area contributed by atoms with Gasteiger partial charge in [-0.15, -0.1) is 11.3 Å². The first-order valence-corrected chi connectivity index (χ1v) is 11.9. The van der Waals surface area contributed by atoms with Crippen molar-refractivity contribution < 1.29 is 13.2 Å². The van der Waals surface area contributed by atoms with Crippen LogP contribution in [0.3, 0.4) is 0 Å². The molecule has 0 saturated carbocycles. The Morgan fingerprint density at radius 3 is 2.44 bits per heavy atom. The number of carbonyl (C=O) groups excluding carboxylic acids is 1. The van der Waals surface area contributed by atoms with E-state index in [2.05, 4.69) is 10.3 Å². The molecule has 0 aliphatic carbocycles. The SMILES string of the molecule is CN(C)S(=O)(=O)c1ccc(NC(=O)Cn2cnc3scc(-c4ccccc4)c3c2=O)cc1. The normalized spacial score (nSPS) is 11.7. The molecule has 8 nitrogen and oxygen atoms in total. The molecule has 10 heteroatoms. The van der Waals surface area contributed by atoms with Crippen LogP contribution in [-0.2, 0) is 21.4 Å². The number of benzene rings is 2. The number of fused-ring (bicyclic) bond motifs is 1. The molecule has 4 rings (SSSR count). The lowest BCUT2D eigenvalue weighted by Crippen LogP contribution is -2.27. The van der Waals surface area contributed by atoms with Crippen molar-refractivity contribution in [3.05, 3.63) is 76.7 Å². The smallest absolute Gasteiger partial charge is 0.263 e. The van der Waals surface area contributed by atoms with E-state index in [-0.39, 0.29) is 17.0 Å². The van der Waals surface area contributed by atoms with Crippen LogP contribution in [0.25, 0.3) is 21.3 Å². The summed E-state index contributed by atoms with van der Waals surface area (Å²) in [7, 11) is -0.653. The Morgan fingerprint density at radius 2 is 1.78 bits per heavy atom. The Labute approximate surface area is 188 Å². The monoisotopic (exact) mass is 468 g/mol. The van der Waals surface area contributed by atoms with Gasteiger partial charge in [0.2, 0.25) is 15.9 Å². The van der Waals surface area contributed by atoms with Gasteiger partial charge in [0.05, 0.1) is 16.6 Å². The molecule has 1 amide bonds. The number of hydrogen-bond donors (Lipinski definition) is 1. The molecule has 2 heterocycles. The zero-order chi connectivity index (χ0) is 22.9. The molecule has 0 bridgehead atoms. The second kappa shape index (κ2) is 8.65. The number of nitrogens with one attached hydrogen (secondary N) is 1. The van der Waals surface area contributed by atoms with Gasteiger partial charge in [0, 0.05) is 30.7 Å². The number of carbonyl (C=O) groups is 1. The van der Waals surface area contributed by atoms with Crippen LogP contribution in [0, 0.1) is 0 Å². The maximum Gasteiger partial charge on any atom is 0.263 e. The Balaban J connectivity index is 1.56.